The molecule has 0 bridgehead atoms. The molecule has 6 nitrogen and oxygen atoms in total. The van der Waals surface area contributed by atoms with Crippen molar-refractivity contribution >= 4 is 11.9 Å². The molecule has 2 unspecified atom stereocenters. The number of esters is 1. The monoisotopic (exact) mass is 1000 g/mol. The fourth-order valence-electron chi connectivity index (χ4n) is 10.1. The van der Waals surface area contributed by atoms with Gasteiger partial charge >= 0.3 is 5.97 Å². The third-order valence-corrected chi connectivity index (χ3v) is 15.0. The van der Waals surface area contributed by atoms with E-state index in [9.17, 15) is 19.8 Å². The summed E-state index contributed by atoms with van der Waals surface area (Å²) in [5.41, 5.74) is 0. The largest absolute Gasteiger partial charge is 0.466 e. The van der Waals surface area contributed by atoms with Crippen molar-refractivity contribution in [3.63, 3.8) is 0 Å². The molecular formula is C65H125NO5. The Balaban J connectivity index is 3.42. The zero-order valence-corrected chi connectivity index (χ0v) is 48.0. The van der Waals surface area contributed by atoms with Crippen LogP contribution in [0.25, 0.3) is 0 Å². The molecule has 0 aromatic rings. The number of hydrogen-bond donors (Lipinski definition) is 3. The number of unbranched alkanes of at least 4 members (excludes halogenated alkanes) is 45. The molecule has 0 aromatic carbocycles. The molecule has 0 rings (SSSR count). The van der Waals surface area contributed by atoms with Crippen LogP contribution in [0, 0.1) is 0 Å². The normalized spacial score (nSPS) is 12.7. The average Bonchev–Trinajstić information content (AvgIpc) is 3.37. The van der Waals surface area contributed by atoms with Gasteiger partial charge in [0.25, 0.3) is 0 Å². The van der Waals surface area contributed by atoms with E-state index >= 15 is 0 Å². The highest BCUT2D eigenvalue weighted by molar-refractivity contribution is 5.76. The summed E-state index contributed by atoms with van der Waals surface area (Å²) in [6.45, 7) is 4.97. The summed E-state index contributed by atoms with van der Waals surface area (Å²) in [6.07, 6.45) is 74.8. The van der Waals surface area contributed by atoms with Crippen LogP contribution in [0.3, 0.4) is 0 Å². The van der Waals surface area contributed by atoms with Gasteiger partial charge in [-0.1, -0.05) is 308 Å². The lowest BCUT2D eigenvalue weighted by atomic mass is 10.0. The highest BCUT2D eigenvalue weighted by Gasteiger charge is 2.20. The number of aliphatic hydroxyl groups is 2. The van der Waals surface area contributed by atoms with Crippen LogP contribution in [0.15, 0.2) is 24.3 Å². The van der Waals surface area contributed by atoms with E-state index in [1.54, 1.807) is 0 Å². The van der Waals surface area contributed by atoms with Gasteiger partial charge in [0.15, 0.2) is 0 Å². The summed E-state index contributed by atoms with van der Waals surface area (Å²) in [5, 5.41) is 23.3. The quantitative estimate of drug-likeness (QED) is 0.0320. The number of ether oxygens (including phenoxy) is 1. The summed E-state index contributed by atoms with van der Waals surface area (Å²) in [7, 11) is 0. The molecule has 6 heteroatoms. The number of aliphatic hydroxyl groups excluding tert-OH is 2. The molecule has 0 aromatic heterocycles. The summed E-state index contributed by atoms with van der Waals surface area (Å²) >= 11 is 0. The molecule has 0 saturated heterocycles. The minimum absolute atomic E-state index is 0.0117. The van der Waals surface area contributed by atoms with Gasteiger partial charge in [0.2, 0.25) is 5.91 Å². The molecule has 0 heterocycles. The second kappa shape index (κ2) is 60.9. The summed E-state index contributed by atoms with van der Waals surface area (Å²) < 4.78 is 5.48. The van der Waals surface area contributed by atoms with Gasteiger partial charge in [-0.3, -0.25) is 9.59 Å². The molecule has 0 radical (unpaired) electrons. The smallest absolute Gasteiger partial charge is 0.305 e. The standard InChI is InChI=1S/C65H125NO5/c1-3-5-7-9-11-13-15-17-30-33-37-41-45-49-53-57-63(68)62(61-67)66-64(69)58-54-50-46-42-38-34-31-28-26-24-22-20-19-21-23-25-27-29-32-36-40-44-48-52-56-60-71-65(70)59-55-51-47-43-39-35-18-16-14-12-10-8-6-4-2/h20-23,62-63,67-68H,3-19,24-61H2,1-2H3,(H,66,69)/b22-20-,23-21-. The lowest BCUT2D eigenvalue weighted by Crippen LogP contribution is -2.45. The van der Waals surface area contributed by atoms with Crippen LogP contribution in [0.5, 0.6) is 0 Å². The van der Waals surface area contributed by atoms with Gasteiger partial charge in [-0.05, 0) is 57.8 Å². The maximum absolute atomic E-state index is 12.5. The minimum atomic E-state index is -0.668. The predicted octanol–water partition coefficient (Wildman–Crippen LogP) is 20.2. The Morgan fingerprint density at radius 1 is 0.394 bits per heavy atom. The van der Waals surface area contributed by atoms with Crippen molar-refractivity contribution in [2.45, 2.75) is 366 Å². The van der Waals surface area contributed by atoms with E-state index in [0.717, 1.165) is 44.9 Å². The molecule has 71 heavy (non-hydrogen) atoms. The van der Waals surface area contributed by atoms with Crippen LogP contribution < -0.4 is 5.32 Å². The third kappa shape index (κ3) is 57.5. The second-order valence-corrected chi connectivity index (χ2v) is 22.1. The van der Waals surface area contributed by atoms with Crippen molar-refractivity contribution in [3.05, 3.63) is 24.3 Å². The predicted molar refractivity (Wildman–Crippen MR) is 310 cm³/mol. The number of amides is 1. The molecule has 0 fully saturated rings. The molecular weight excluding hydrogens is 875 g/mol. The van der Waals surface area contributed by atoms with Gasteiger partial charge in [0, 0.05) is 12.8 Å². The van der Waals surface area contributed by atoms with Crippen LogP contribution in [0.1, 0.15) is 354 Å². The van der Waals surface area contributed by atoms with Crippen molar-refractivity contribution < 1.29 is 24.5 Å². The van der Waals surface area contributed by atoms with E-state index < -0.39 is 12.1 Å². The molecule has 0 spiro atoms. The van der Waals surface area contributed by atoms with Crippen LogP contribution in [-0.2, 0) is 14.3 Å². The van der Waals surface area contributed by atoms with E-state index in [1.807, 2.05) is 0 Å². The Hall–Kier alpha value is -1.66. The van der Waals surface area contributed by atoms with Gasteiger partial charge in [-0.25, -0.2) is 0 Å². The highest BCUT2D eigenvalue weighted by Crippen LogP contribution is 2.18. The van der Waals surface area contributed by atoms with Gasteiger partial charge in [0.1, 0.15) is 0 Å². The number of nitrogens with one attached hydrogen (secondary N) is 1. The van der Waals surface area contributed by atoms with Gasteiger partial charge in [-0.15, -0.1) is 0 Å². The van der Waals surface area contributed by atoms with Crippen LogP contribution >= 0.6 is 0 Å². The molecule has 0 aliphatic rings. The van der Waals surface area contributed by atoms with Crippen molar-refractivity contribution in [3.8, 4) is 0 Å². The van der Waals surface area contributed by atoms with E-state index in [1.165, 1.54) is 276 Å². The average molecular weight is 1000 g/mol. The first-order valence-corrected chi connectivity index (χ1v) is 32.1. The fourth-order valence-corrected chi connectivity index (χ4v) is 10.1. The van der Waals surface area contributed by atoms with Crippen LogP contribution in [0.4, 0.5) is 0 Å². The highest BCUT2D eigenvalue weighted by atomic mass is 16.5. The van der Waals surface area contributed by atoms with Gasteiger partial charge in [-0.2, -0.15) is 0 Å². The summed E-state index contributed by atoms with van der Waals surface area (Å²) in [4.78, 5) is 24.5. The first kappa shape index (κ1) is 69.3. The zero-order valence-electron chi connectivity index (χ0n) is 48.0. The molecule has 420 valence electrons. The van der Waals surface area contributed by atoms with E-state index in [-0.39, 0.29) is 18.5 Å². The van der Waals surface area contributed by atoms with Crippen LogP contribution in [-0.4, -0.2) is 47.4 Å². The molecule has 0 saturated carbocycles. The van der Waals surface area contributed by atoms with Crippen LogP contribution in [0.2, 0.25) is 0 Å². The Morgan fingerprint density at radius 2 is 0.704 bits per heavy atom. The number of hydrogen-bond acceptors (Lipinski definition) is 5. The van der Waals surface area contributed by atoms with Crippen molar-refractivity contribution in [1.82, 2.24) is 5.32 Å². The Labute approximate surface area is 443 Å². The molecule has 2 atom stereocenters. The number of allylic oxidation sites excluding steroid dienone is 4. The second-order valence-electron chi connectivity index (χ2n) is 22.1. The minimum Gasteiger partial charge on any atom is -0.466 e. The molecule has 0 aliphatic carbocycles. The van der Waals surface area contributed by atoms with E-state index in [2.05, 4.69) is 43.5 Å². The van der Waals surface area contributed by atoms with Gasteiger partial charge < -0.3 is 20.3 Å². The lowest BCUT2D eigenvalue weighted by molar-refractivity contribution is -0.143. The Morgan fingerprint density at radius 3 is 1.07 bits per heavy atom. The van der Waals surface area contributed by atoms with Crippen molar-refractivity contribution in [2.24, 2.45) is 0 Å². The van der Waals surface area contributed by atoms with Crippen molar-refractivity contribution in [2.75, 3.05) is 13.2 Å². The Kier molecular flexibility index (Phi) is 59.5. The van der Waals surface area contributed by atoms with E-state index in [4.69, 9.17) is 4.74 Å². The topological polar surface area (TPSA) is 95.9 Å². The van der Waals surface area contributed by atoms with Crippen molar-refractivity contribution in [1.29, 1.82) is 0 Å². The molecule has 1 amide bonds. The van der Waals surface area contributed by atoms with Gasteiger partial charge in [0.05, 0.1) is 25.4 Å². The zero-order chi connectivity index (χ0) is 51.4. The van der Waals surface area contributed by atoms with E-state index in [0.29, 0.717) is 25.9 Å². The first-order valence-electron chi connectivity index (χ1n) is 32.1. The maximum Gasteiger partial charge on any atom is 0.305 e. The SMILES string of the molecule is CCCCCCCCCCCCCCCCCC(O)C(CO)NC(=O)CCCCCCCCCCC/C=C\C/C=C\CCCCCCCCCCCOC(=O)CCCCCCCCCCCCCCCC. The first-order chi connectivity index (χ1) is 35.0. The maximum atomic E-state index is 12.5. The summed E-state index contributed by atoms with van der Waals surface area (Å²) in [6, 6.07) is -0.546. The lowest BCUT2D eigenvalue weighted by Gasteiger charge is -2.22. The molecule has 0 aliphatic heterocycles. The third-order valence-electron chi connectivity index (χ3n) is 15.0. The summed E-state index contributed by atoms with van der Waals surface area (Å²) in [5.74, 6) is -0.0273. The fraction of sp³-hybridized carbons (Fsp3) is 0.908. The number of carbonyl (C=O) groups excluding carboxylic acids is 2. The number of carbonyl (C=O) groups is 2. The number of rotatable bonds is 60. The Bertz CT molecular complexity index is 1110. The molecule has 3 N–H and O–H groups in total.